The van der Waals surface area contributed by atoms with E-state index in [-0.39, 0.29) is 6.67 Å². The van der Waals surface area contributed by atoms with Gasteiger partial charge in [-0.05, 0) is 18.6 Å². The summed E-state index contributed by atoms with van der Waals surface area (Å²) in [6.07, 6.45) is 4.10. The van der Waals surface area contributed by atoms with Gasteiger partial charge in [0.1, 0.15) is 0 Å². The van der Waals surface area contributed by atoms with E-state index in [1.165, 1.54) is 0 Å². The Bertz CT molecular complexity index is 240. The highest BCUT2D eigenvalue weighted by Crippen LogP contribution is 1.93. The van der Waals surface area contributed by atoms with Gasteiger partial charge in [0, 0.05) is 18.9 Å². The molecule has 2 nitrogen and oxygen atoms in total. The van der Waals surface area contributed by atoms with E-state index in [2.05, 4.69) is 4.98 Å². The number of H-pyrrole nitrogens is 1. The second kappa shape index (κ2) is 3.51. The SMILES string of the molecule is FCCCn1cc[nH]c1=S. The maximum Gasteiger partial charge on any atom is 0.177 e. The minimum absolute atomic E-state index is 0.285. The van der Waals surface area contributed by atoms with Crippen molar-refractivity contribution < 1.29 is 4.39 Å². The number of hydrogen-bond donors (Lipinski definition) is 1. The molecule has 1 N–H and O–H groups in total. The van der Waals surface area contributed by atoms with Crippen molar-refractivity contribution >= 4 is 12.2 Å². The van der Waals surface area contributed by atoms with Crippen LogP contribution >= 0.6 is 12.2 Å². The number of aromatic nitrogens is 2. The standard InChI is InChI=1S/C6H9FN2S/c7-2-1-4-9-5-3-8-6(9)10/h3,5H,1-2,4H2,(H,8,10). The average molecular weight is 160 g/mol. The molecule has 0 aromatic carbocycles. The fourth-order valence-electron chi connectivity index (χ4n) is 0.755. The number of nitrogens with one attached hydrogen (secondary N) is 1. The van der Waals surface area contributed by atoms with Crippen LogP contribution in [0.2, 0.25) is 0 Å². The van der Waals surface area contributed by atoms with E-state index in [1.807, 2.05) is 10.8 Å². The molecular weight excluding hydrogens is 151 g/mol. The largest absolute Gasteiger partial charge is 0.337 e. The first kappa shape index (κ1) is 7.47. The number of aromatic amines is 1. The zero-order valence-electron chi connectivity index (χ0n) is 5.51. The third kappa shape index (κ3) is 1.67. The van der Waals surface area contributed by atoms with Crippen LogP contribution < -0.4 is 0 Å². The summed E-state index contributed by atoms with van der Waals surface area (Å²) < 4.78 is 14.1. The van der Waals surface area contributed by atoms with Crippen molar-refractivity contribution in [2.45, 2.75) is 13.0 Å². The third-order valence-electron chi connectivity index (χ3n) is 1.25. The fourth-order valence-corrected chi connectivity index (χ4v) is 0.976. The van der Waals surface area contributed by atoms with Crippen LogP contribution in [0, 0.1) is 4.77 Å². The lowest BCUT2D eigenvalue weighted by Gasteiger charge is -1.96. The Morgan fingerprint density at radius 3 is 3.00 bits per heavy atom. The smallest absolute Gasteiger partial charge is 0.177 e. The Morgan fingerprint density at radius 2 is 2.50 bits per heavy atom. The lowest BCUT2D eigenvalue weighted by molar-refractivity contribution is 0.445. The van der Waals surface area contributed by atoms with Crippen LogP contribution in [0.5, 0.6) is 0 Å². The van der Waals surface area contributed by atoms with Crippen molar-refractivity contribution in [2.24, 2.45) is 0 Å². The summed E-state index contributed by atoms with van der Waals surface area (Å²) in [5.41, 5.74) is 0. The van der Waals surface area contributed by atoms with E-state index in [0.717, 1.165) is 0 Å². The van der Waals surface area contributed by atoms with Crippen LogP contribution in [-0.2, 0) is 6.54 Å². The highest BCUT2D eigenvalue weighted by molar-refractivity contribution is 7.71. The first-order chi connectivity index (χ1) is 4.84. The van der Waals surface area contributed by atoms with Gasteiger partial charge in [0.15, 0.2) is 4.77 Å². The molecule has 4 heteroatoms. The molecule has 0 aliphatic heterocycles. The van der Waals surface area contributed by atoms with Crippen molar-refractivity contribution in [2.75, 3.05) is 6.67 Å². The monoisotopic (exact) mass is 160 g/mol. The quantitative estimate of drug-likeness (QED) is 0.670. The maximum absolute atomic E-state index is 11.7. The molecule has 0 spiro atoms. The van der Waals surface area contributed by atoms with E-state index in [1.54, 1.807) is 6.20 Å². The number of alkyl halides is 1. The Hall–Kier alpha value is -0.640. The molecular formula is C6H9FN2S. The number of hydrogen-bond acceptors (Lipinski definition) is 1. The first-order valence-electron chi connectivity index (χ1n) is 3.14. The zero-order valence-corrected chi connectivity index (χ0v) is 6.33. The van der Waals surface area contributed by atoms with Gasteiger partial charge in [-0.15, -0.1) is 0 Å². The van der Waals surface area contributed by atoms with E-state index in [0.29, 0.717) is 17.7 Å². The van der Waals surface area contributed by atoms with Gasteiger partial charge in [0.05, 0.1) is 6.67 Å². The van der Waals surface area contributed by atoms with Gasteiger partial charge in [-0.1, -0.05) is 0 Å². The molecule has 10 heavy (non-hydrogen) atoms. The topological polar surface area (TPSA) is 20.7 Å². The van der Waals surface area contributed by atoms with Crippen LogP contribution in [0.1, 0.15) is 6.42 Å². The fraction of sp³-hybridized carbons (Fsp3) is 0.500. The van der Waals surface area contributed by atoms with Crippen molar-refractivity contribution in [3.63, 3.8) is 0 Å². The molecule has 0 unspecified atom stereocenters. The zero-order chi connectivity index (χ0) is 7.40. The molecule has 1 aromatic heterocycles. The van der Waals surface area contributed by atoms with Gasteiger partial charge < -0.3 is 9.55 Å². The summed E-state index contributed by atoms with van der Waals surface area (Å²) in [5, 5.41) is 0. The number of rotatable bonds is 3. The molecule has 1 aromatic rings. The second-order valence-electron chi connectivity index (χ2n) is 2.00. The molecule has 1 heterocycles. The molecule has 0 aliphatic carbocycles. The summed E-state index contributed by atoms with van der Waals surface area (Å²) in [4.78, 5) is 2.83. The van der Waals surface area contributed by atoms with E-state index < -0.39 is 0 Å². The van der Waals surface area contributed by atoms with E-state index in [9.17, 15) is 4.39 Å². The highest BCUT2D eigenvalue weighted by Gasteiger charge is 1.90. The van der Waals surface area contributed by atoms with Crippen LogP contribution in [-0.4, -0.2) is 16.2 Å². The van der Waals surface area contributed by atoms with Gasteiger partial charge in [-0.3, -0.25) is 4.39 Å². The predicted octanol–water partition coefficient (Wildman–Crippen LogP) is 1.91. The van der Waals surface area contributed by atoms with Crippen LogP contribution in [0.15, 0.2) is 12.4 Å². The van der Waals surface area contributed by atoms with Crippen molar-refractivity contribution in [1.29, 1.82) is 0 Å². The van der Waals surface area contributed by atoms with Crippen molar-refractivity contribution in [3.8, 4) is 0 Å². The Kier molecular flexibility index (Phi) is 2.62. The van der Waals surface area contributed by atoms with Crippen LogP contribution in [0.25, 0.3) is 0 Å². The van der Waals surface area contributed by atoms with Gasteiger partial charge in [0.2, 0.25) is 0 Å². The first-order valence-corrected chi connectivity index (χ1v) is 3.55. The average Bonchev–Trinajstić information content (AvgIpc) is 2.31. The van der Waals surface area contributed by atoms with Gasteiger partial charge >= 0.3 is 0 Å². The Labute approximate surface area is 63.7 Å². The number of imidazole rings is 1. The lowest BCUT2D eigenvalue weighted by atomic mass is 10.5. The minimum atomic E-state index is -0.285. The lowest BCUT2D eigenvalue weighted by Crippen LogP contribution is -1.96. The summed E-state index contributed by atoms with van der Waals surface area (Å²) in [6.45, 7) is 0.381. The van der Waals surface area contributed by atoms with Crippen LogP contribution in [0.4, 0.5) is 4.39 Å². The Morgan fingerprint density at radius 1 is 1.70 bits per heavy atom. The second-order valence-corrected chi connectivity index (χ2v) is 2.39. The Balaban J connectivity index is 2.57. The predicted molar refractivity (Wildman–Crippen MR) is 40.2 cm³/mol. The molecule has 0 fully saturated rings. The molecule has 0 atom stereocenters. The molecule has 0 bridgehead atoms. The number of halogens is 1. The van der Waals surface area contributed by atoms with E-state index >= 15 is 0 Å². The maximum atomic E-state index is 11.7. The summed E-state index contributed by atoms with van der Waals surface area (Å²) in [5.74, 6) is 0. The van der Waals surface area contributed by atoms with Gasteiger partial charge in [-0.2, -0.15) is 0 Å². The molecule has 0 aliphatic rings. The molecule has 1 rings (SSSR count). The summed E-state index contributed by atoms with van der Waals surface area (Å²) >= 11 is 4.88. The van der Waals surface area contributed by atoms with Crippen molar-refractivity contribution in [3.05, 3.63) is 17.2 Å². The van der Waals surface area contributed by atoms with Crippen molar-refractivity contribution in [1.82, 2.24) is 9.55 Å². The number of nitrogens with zero attached hydrogens (tertiary/aromatic N) is 1. The van der Waals surface area contributed by atoms with E-state index in [4.69, 9.17) is 12.2 Å². The van der Waals surface area contributed by atoms with Gasteiger partial charge in [-0.25, -0.2) is 0 Å². The molecule has 0 saturated carbocycles. The normalized spacial score (nSPS) is 10.1. The minimum Gasteiger partial charge on any atom is -0.337 e. The number of aryl methyl sites for hydroxylation is 1. The summed E-state index contributed by atoms with van der Waals surface area (Å²) in [6, 6.07) is 0. The molecule has 0 radical (unpaired) electrons. The van der Waals surface area contributed by atoms with Gasteiger partial charge in [0.25, 0.3) is 0 Å². The molecule has 56 valence electrons. The molecule has 0 saturated heterocycles. The summed E-state index contributed by atoms with van der Waals surface area (Å²) in [7, 11) is 0. The third-order valence-corrected chi connectivity index (χ3v) is 1.61. The highest BCUT2D eigenvalue weighted by atomic mass is 32.1. The molecule has 0 amide bonds. The van der Waals surface area contributed by atoms with Crippen LogP contribution in [0.3, 0.4) is 0 Å².